The third kappa shape index (κ3) is 35.1. The summed E-state index contributed by atoms with van der Waals surface area (Å²) in [6, 6.07) is -0.718. The highest BCUT2D eigenvalue weighted by Gasteiger charge is 2.44. The van der Waals surface area contributed by atoms with Gasteiger partial charge in [-0.2, -0.15) is 0 Å². The van der Waals surface area contributed by atoms with Crippen LogP contribution in [0.3, 0.4) is 0 Å². The van der Waals surface area contributed by atoms with Crippen molar-refractivity contribution in [1.29, 1.82) is 0 Å². The molecule has 0 spiro atoms. The lowest BCUT2D eigenvalue weighted by Crippen LogP contribution is -2.60. The second-order valence-corrected chi connectivity index (χ2v) is 19.7. The minimum Gasteiger partial charge on any atom is -0.394 e. The first kappa shape index (κ1) is 60.9. The number of allylic oxidation sites excluding steroid dienone is 2. The van der Waals surface area contributed by atoms with E-state index in [4.69, 9.17) is 9.47 Å². The van der Waals surface area contributed by atoms with E-state index in [1.165, 1.54) is 212 Å². The molecule has 0 bridgehead atoms. The van der Waals surface area contributed by atoms with E-state index in [1.54, 1.807) is 0 Å². The molecule has 0 aromatic carbocycles. The summed E-state index contributed by atoms with van der Waals surface area (Å²) in [6.07, 6.45) is 48.0. The zero-order chi connectivity index (χ0) is 46.6. The number of aliphatic hydroxyl groups is 5. The van der Waals surface area contributed by atoms with Crippen LogP contribution in [0.25, 0.3) is 0 Å². The molecule has 1 aliphatic heterocycles. The highest BCUT2D eigenvalue weighted by molar-refractivity contribution is 5.76. The third-order valence-corrected chi connectivity index (χ3v) is 13.6. The zero-order valence-corrected chi connectivity index (χ0v) is 42.1. The van der Waals surface area contributed by atoms with E-state index in [0.29, 0.717) is 12.8 Å². The summed E-state index contributed by atoms with van der Waals surface area (Å²) >= 11 is 0. The maximum Gasteiger partial charge on any atom is 0.220 e. The van der Waals surface area contributed by atoms with Gasteiger partial charge in [-0.05, 0) is 38.5 Å². The van der Waals surface area contributed by atoms with E-state index in [1.807, 2.05) is 0 Å². The van der Waals surface area contributed by atoms with Crippen molar-refractivity contribution in [2.75, 3.05) is 13.2 Å². The number of hydrogen-bond donors (Lipinski definition) is 6. The van der Waals surface area contributed by atoms with E-state index < -0.39 is 49.5 Å². The molecule has 9 heteroatoms. The first-order chi connectivity index (χ1) is 31.3. The maximum atomic E-state index is 13.1. The van der Waals surface area contributed by atoms with Gasteiger partial charge in [0, 0.05) is 6.42 Å². The Balaban J connectivity index is 2.23. The predicted octanol–water partition coefficient (Wildman–Crippen LogP) is 13.2. The second kappa shape index (κ2) is 45.7. The smallest absolute Gasteiger partial charge is 0.220 e. The molecule has 0 radical (unpaired) electrons. The average Bonchev–Trinajstić information content (AvgIpc) is 3.29. The van der Waals surface area contributed by atoms with E-state index in [0.717, 1.165) is 38.5 Å². The summed E-state index contributed by atoms with van der Waals surface area (Å²) in [5, 5.41) is 54.6. The van der Waals surface area contributed by atoms with Gasteiger partial charge in [0.25, 0.3) is 0 Å². The summed E-state index contributed by atoms with van der Waals surface area (Å²) in [7, 11) is 0. The van der Waals surface area contributed by atoms with Crippen LogP contribution in [-0.2, 0) is 14.3 Å². The fourth-order valence-electron chi connectivity index (χ4n) is 9.16. The van der Waals surface area contributed by atoms with Crippen molar-refractivity contribution < 1.29 is 39.8 Å². The van der Waals surface area contributed by atoms with Gasteiger partial charge in [0.2, 0.25) is 5.91 Å². The SMILES string of the molecule is CCCCCCCCCCCC/C=C\CCCCCCCCCC(=O)NC(COC1OC(CO)C(O)C(O)C1O)C(O)CCCCCCCCCCCCCCCCCCCCCC. The van der Waals surface area contributed by atoms with Crippen LogP contribution in [0, 0.1) is 0 Å². The largest absolute Gasteiger partial charge is 0.394 e. The lowest BCUT2D eigenvalue weighted by molar-refractivity contribution is -0.302. The van der Waals surface area contributed by atoms with Crippen LogP contribution in [0.15, 0.2) is 12.2 Å². The van der Waals surface area contributed by atoms with Crippen LogP contribution in [0.1, 0.15) is 277 Å². The molecule has 1 amide bonds. The van der Waals surface area contributed by atoms with Crippen molar-refractivity contribution in [1.82, 2.24) is 5.32 Å². The fourth-order valence-corrected chi connectivity index (χ4v) is 9.16. The molecule has 1 aliphatic rings. The molecule has 7 atom stereocenters. The van der Waals surface area contributed by atoms with Crippen LogP contribution >= 0.6 is 0 Å². The number of rotatable bonds is 48. The van der Waals surface area contributed by atoms with Crippen molar-refractivity contribution in [3.05, 3.63) is 12.2 Å². The molecular weight excluding hydrogens is 803 g/mol. The number of unbranched alkanes of at least 4 members (excludes halogenated alkanes) is 36. The Morgan fingerprint density at radius 3 is 1.27 bits per heavy atom. The van der Waals surface area contributed by atoms with Gasteiger partial charge in [-0.25, -0.2) is 0 Å². The molecule has 1 saturated heterocycles. The van der Waals surface area contributed by atoms with Gasteiger partial charge in [0.15, 0.2) is 6.29 Å². The Bertz CT molecular complexity index is 1010. The third-order valence-electron chi connectivity index (χ3n) is 13.6. The average molecular weight is 910 g/mol. The predicted molar refractivity (Wildman–Crippen MR) is 267 cm³/mol. The number of ether oxygens (including phenoxy) is 2. The molecule has 1 fully saturated rings. The Morgan fingerprint density at radius 1 is 0.516 bits per heavy atom. The van der Waals surface area contributed by atoms with E-state index in [9.17, 15) is 30.3 Å². The molecule has 0 aliphatic carbocycles. The van der Waals surface area contributed by atoms with Crippen molar-refractivity contribution in [2.24, 2.45) is 0 Å². The second-order valence-electron chi connectivity index (χ2n) is 19.7. The molecule has 0 aromatic heterocycles. The van der Waals surface area contributed by atoms with Crippen molar-refractivity contribution >= 4 is 5.91 Å². The zero-order valence-electron chi connectivity index (χ0n) is 42.1. The molecular formula is C55H107NO8. The highest BCUT2D eigenvalue weighted by Crippen LogP contribution is 2.23. The summed E-state index contributed by atoms with van der Waals surface area (Å²) in [4.78, 5) is 13.1. The van der Waals surface area contributed by atoms with Gasteiger partial charge < -0.3 is 40.3 Å². The summed E-state index contributed by atoms with van der Waals surface area (Å²) < 4.78 is 11.3. The minimum atomic E-state index is -1.55. The Hall–Kier alpha value is -1.07. The fraction of sp³-hybridized carbons (Fsp3) is 0.945. The van der Waals surface area contributed by atoms with E-state index in [-0.39, 0.29) is 12.5 Å². The van der Waals surface area contributed by atoms with Crippen LogP contribution < -0.4 is 5.32 Å². The maximum absolute atomic E-state index is 13.1. The number of nitrogens with one attached hydrogen (secondary N) is 1. The standard InChI is InChI=1S/C55H107NO8/c1-3-5-7-9-11-13-15-17-19-21-23-25-27-29-31-33-35-37-39-41-43-45-51(59)56-48(47-63-55-54(62)53(61)52(60)50(46-57)64-55)49(58)44-42-40-38-36-34-32-30-28-26-24-22-20-18-16-14-12-10-8-6-4-2/h25,27,48-50,52-55,57-58,60-62H,3-24,26,28-47H2,1-2H3,(H,56,59)/b27-25-. The first-order valence-corrected chi connectivity index (χ1v) is 27.9. The number of hydrogen-bond acceptors (Lipinski definition) is 8. The monoisotopic (exact) mass is 910 g/mol. The lowest BCUT2D eigenvalue weighted by atomic mass is 9.99. The number of carbonyl (C=O) groups excluding carboxylic acids is 1. The molecule has 64 heavy (non-hydrogen) atoms. The normalized spacial score (nSPS) is 20.0. The van der Waals surface area contributed by atoms with Crippen LogP contribution in [0.2, 0.25) is 0 Å². The molecule has 380 valence electrons. The van der Waals surface area contributed by atoms with Crippen molar-refractivity contribution in [3.8, 4) is 0 Å². The molecule has 7 unspecified atom stereocenters. The highest BCUT2D eigenvalue weighted by atomic mass is 16.7. The quantitative estimate of drug-likeness (QED) is 0.0261. The van der Waals surface area contributed by atoms with Crippen molar-refractivity contribution in [2.45, 2.75) is 320 Å². The van der Waals surface area contributed by atoms with Gasteiger partial charge in [0.05, 0.1) is 25.4 Å². The van der Waals surface area contributed by atoms with Gasteiger partial charge in [-0.1, -0.05) is 244 Å². The van der Waals surface area contributed by atoms with Crippen LogP contribution in [0.4, 0.5) is 0 Å². The molecule has 0 saturated carbocycles. The summed E-state index contributed by atoms with van der Waals surface area (Å²) in [6.45, 7) is 3.87. The Morgan fingerprint density at radius 2 is 0.875 bits per heavy atom. The summed E-state index contributed by atoms with van der Waals surface area (Å²) in [5.74, 6) is -0.144. The molecule has 0 aromatic rings. The number of aliphatic hydroxyl groups excluding tert-OH is 5. The first-order valence-electron chi connectivity index (χ1n) is 27.9. The topological polar surface area (TPSA) is 149 Å². The van der Waals surface area contributed by atoms with Gasteiger partial charge in [-0.3, -0.25) is 4.79 Å². The molecule has 1 heterocycles. The van der Waals surface area contributed by atoms with Gasteiger partial charge >= 0.3 is 0 Å². The molecule has 9 nitrogen and oxygen atoms in total. The minimum absolute atomic E-state index is 0.136. The molecule has 6 N–H and O–H groups in total. The van der Waals surface area contributed by atoms with Gasteiger partial charge in [-0.15, -0.1) is 0 Å². The molecule has 1 rings (SSSR count). The van der Waals surface area contributed by atoms with E-state index in [2.05, 4.69) is 31.3 Å². The lowest BCUT2D eigenvalue weighted by Gasteiger charge is -2.40. The van der Waals surface area contributed by atoms with Crippen LogP contribution in [-0.4, -0.2) is 87.5 Å². The van der Waals surface area contributed by atoms with Crippen LogP contribution in [0.5, 0.6) is 0 Å². The summed E-state index contributed by atoms with van der Waals surface area (Å²) in [5.41, 5.74) is 0. The Kier molecular flexibility index (Phi) is 43.5. The number of carbonyl (C=O) groups is 1. The van der Waals surface area contributed by atoms with Crippen molar-refractivity contribution in [3.63, 3.8) is 0 Å². The van der Waals surface area contributed by atoms with Gasteiger partial charge in [0.1, 0.15) is 24.4 Å². The van der Waals surface area contributed by atoms with E-state index >= 15 is 0 Å². The number of amides is 1. The Labute approximate surface area is 395 Å².